The van der Waals surface area contributed by atoms with Crippen LogP contribution in [0.15, 0.2) is 206 Å². The predicted molar refractivity (Wildman–Crippen MR) is 257 cm³/mol. The molecule has 9 aromatic carbocycles. The van der Waals surface area contributed by atoms with E-state index in [9.17, 15) is 0 Å². The van der Waals surface area contributed by atoms with Crippen molar-refractivity contribution in [2.24, 2.45) is 0 Å². The Bertz CT molecular complexity index is 3380. The van der Waals surface area contributed by atoms with E-state index in [-0.39, 0.29) is 20.4 Å². The zero-order valence-corrected chi connectivity index (χ0v) is 36.4. The van der Waals surface area contributed by atoms with Crippen molar-refractivity contribution < 1.29 is 20.4 Å². The van der Waals surface area contributed by atoms with E-state index in [1.54, 1.807) is 0 Å². The van der Waals surface area contributed by atoms with E-state index in [1.165, 1.54) is 42.9 Å². The second-order valence-corrected chi connectivity index (χ2v) is 19.5. The van der Waals surface area contributed by atoms with Gasteiger partial charge in [-0.3, -0.25) is 0 Å². The van der Waals surface area contributed by atoms with Gasteiger partial charge < -0.3 is 18.9 Å². The van der Waals surface area contributed by atoms with Gasteiger partial charge >= 0.3 is 0 Å². The first-order valence-corrected chi connectivity index (χ1v) is 22.8. The van der Waals surface area contributed by atoms with E-state index in [0.29, 0.717) is 0 Å². The zero-order valence-electron chi connectivity index (χ0n) is 33.8. The molecule has 0 atom stereocenters. The van der Waals surface area contributed by atoms with E-state index in [4.69, 9.17) is 0 Å². The molecule has 0 fully saturated rings. The fourth-order valence-electron chi connectivity index (χ4n) is 9.90. The van der Waals surface area contributed by atoms with Crippen LogP contribution in [-0.2, 0) is 20.4 Å². The molecule has 0 saturated heterocycles. The van der Waals surface area contributed by atoms with Gasteiger partial charge in [0.2, 0.25) is 0 Å². The number of nitrogens with zero attached hydrogens (tertiary/aromatic N) is 4. The first-order valence-electron chi connectivity index (χ1n) is 20.8. The summed E-state index contributed by atoms with van der Waals surface area (Å²) in [6.07, 6.45) is 0. The van der Waals surface area contributed by atoms with Gasteiger partial charge in [-0.1, -0.05) is 126 Å². The van der Waals surface area contributed by atoms with E-state index < -0.39 is 8.07 Å². The Hall–Kier alpha value is -6.94. The van der Waals surface area contributed by atoms with Crippen LogP contribution in [0.4, 0.5) is 17.1 Å². The van der Waals surface area contributed by atoms with Crippen LogP contribution in [0.1, 0.15) is 0 Å². The maximum Gasteiger partial charge on any atom is 0.131 e. The molecule has 1 aliphatic rings. The van der Waals surface area contributed by atoms with Crippen molar-refractivity contribution in [3.63, 3.8) is 0 Å². The first-order chi connectivity index (χ1) is 30.2. The molecule has 11 aromatic rings. The molecule has 4 nitrogen and oxygen atoms in total. The van der Waals surface area contributed by atoms with E-state index >= 15 is 0 Å². The Kier molecular flexibility index (Phi) is 9.32. The molecule has 12 rings (SSSR count). The van der Waals surface area contributed by atoms with E-state index in [0.717, 1.165) is 49.9 Å². The minimum absolute atomic E-state index is 0. The van der Waals surface area contributed by atoms with Crippen LogP contribution in [0.5, 0.6) is 0 Å². The normalized spacial score (nSPS) is 12.7. The Morgan fingerprint density at radius 1 is 0.468 bits per heavy atom. The van der Waals surface area contributed by atoms with Crippen LogP contribution in [0.25, 0.3) is 55.0 Å². The zero-order chi connectivity index (χ0) is 40.5. The third kappa shape index (κ3) is 5.68. The van der Waals surface area contributed by atoms with Crippen LogP contribution < -0.4 is 30.5 Å². The summed E-state index contributed by atoms with van der Waals surface area (Å²) in [6.45, 7) is 2.16. The average Bonchev–Trinajstić information content (AvgIpc) is 3.97. The molecule has 0 spiro atoms. The van der Waals surface area contributed by atoms with Gasteiger partial charge in [0.15, 0.2) is 0 Å². The smallest absolute Gasteiger partial charge is 0.131 e. The number of hydrogen-bond acceptors (Lipinski definition) is 2. The minimum atomic E-state index is -3.11. The summed E-state index contributed by atoms with van der Waals surface area (Å²) in [5.74, 6) is 0. The van der Waals surface area contributed by atoms with Gasteiger partial charge in [-0.2, -0.15) is 83.8 Å². The summed E-state index contributed by atoms with van der Waals surface area (Å²) in [7, 11) is -1.00. The molecule has 0 saturated carbocycles. The van der Waals surface area contributed by atoms with Crippen molar-refractivity contribution >= 4 is 89.5 Å². The van der Waals surface area contributed by atoms with Crippen LogP contribution in [0.3, 0.4) is 0 Å². The number of benzene rings is 9. The van der Waals surface area contributed by atoms with Gasteiger partial charge in [0, 0.05) is 53.8 Å². The average molecular weight is 901 g/mol. The number of aromatic nitrogens is 2. The largest absolute Gasteiger partial charge is 0.504 e. The van der Waals surface area contributed by atoms with Crippen molar-refractivity contribution in [3.05, 3.63) is 231 Å². The summed E-state index contributed by atoms with van der Waals surface area (Å²) < 4.78 is 4.81. The van der Waals surface area contributed by atoms with Gasteiger partial charge in [0.05, 0.1) is 11.0 Å². The van der Waals surface area contributed by atoms with Crippen molar-refractivity contribution in [1.82, 2.24) is 9.13 Å². The summed E-state index contributed by atoms with van der Waals surface area (Å²) in [5.41, 5.74) is 9.95. The molecular formula is C56H38N4PdSi-4. The summed E-state index contributed by atoms with van der Waals surface area (Å²) in [6, 6.07) is 86.5. The summed E-state index contributed by atoms with van der Waals surface area (Å²) in [5, 5.41) is 9.64. The molecule has 0 unspecified atom stereocenters. The Morgan fingerprint density at radius 2 is 1.10 bits per heavy atom. The molecule has 1 aliphatic heterocycles. The Balaban J connectivity index is 0.00000432. The van der Waals surface area contributed by atoms with Crippen LogP contribution in [0.2, 0.25) is 0 Å². The molecule has 62 heavy (non-hydrogen) atoms. The van der Waals surface area contributed by atoms with Crippen LogP contribution in [-0.4, -0.2) is 24.3 Å². The Labute approximate surface area is 376 Å². The fourth-order valence-corrected chi connectivity index (χ4v) is 14.5. The summed E-state index contributed by atoms with van der Waals surface area (Å²) >= 11 is 0. The second-order valence-electron chi connectivity index (χ2n) is 15.8. The summed E-state index contributed by atoms with van der Waals surface area (Å²) in [4.78, 5) is 4.45. The minimum Gasteiger partial charge on any atom is -0.504 e. The van der Waals surface area contributed by atoms with Gasteiger partial charge in [0.1, 0.15) is 8.07 Å². The molecule has 300 valence electrons. The van der Waals surface area contributed by atoms with Crippen molar-refractivity contribution in [3.8, 4) is 11.4 Å². The maximum atomic E-state index is 4.23. The third-order valence-electron chi connectivity index (χ3n) is 12.5. The second kappa shape index (κ2) is 15.2. The molecule has 0 bridgehead atoms. The number of fused-ring (bicyclic) bond motifs is 8. The standard InChI is InChI=1S/C56H38N4Si.Pd/c1-57-39-58(52-32-17-16-31-51(52)57)42-23-18-28-45(37-42)61(43-24-10-4-11-25-43,44-26-12-5-13-27-44)46-33-34-47-48-35-36-53-55(56(48)60(54(47)38-46)41-21-8-3-9-22-41)49-29-14-15-30-50(49)59(53)40-19-6-2-7-20-40;/h2-21,23-36,39H,1H3;/q-4;. The SMILES string of the molecule is CN1[CH-]N(c2[c-]c([Si](c3[c-]c4c(cc3)c3ccc5c(c6ccccc6n5-c5ccccc5)c3n4-c3[c-]cccc3)(c3ccccc3)c3ccccc3)ccc2)c2ccccc21.[Pd]. The number of rotatable bonds is 7. The molecule has 0 N–H and O–H groups in total. The van der Waals surface area contributed by atoms with Gasteiger partial charge in [-0.05, 0) is 59.2 Å². The number of hydrogen-bond donors (Lipinski definition) is 0. The predicted octanol–water partition coefficient (Wildman–Crippen LogP) is 10.4. The van der Waals surface area contributed by atoms with Crippen molar-refractivity contribution in [1.29, 1.82) is 0 Å². The van der Waals surface area contributed by atoms with E-state index in [2.05, 4.69) is 245 Å². The molecule has 0 aliphatic carbocycles. The van der Waals surface area contributed by atoms with Gasteiger partial charge in [-0.15, -0.1) is 17.1 Å². The van der Waals surface area contributed by atoms with E-state index in [1.807, 2.05) is 12.1 Å². The molecule has 3 heterocycles. The molecule has 2 aromatic heterocycles. The molecular weight excluding hydrogens is 863 g/mol. The number of para-hydroxylation sites is 5. The van der Waals surface area contributed by atoms with Crippen molar-refractivity contribution in [2.75, 3.05) is 16.8 Å². The first kappa shape index (κ1) is 38.0. The monoisotopic (exact) mass is 900 g/mol. The molecule has 0 radical (unpaired) electrons. The molecule has 6 heteroatoms. The van der Waals surface area contributed by atoms with Crippen LogP contribution in [0, 0.1) is 24.9 Å². The third-order valence-corrected chi connectivity index (χ3v) is 17.1. The fraction of sp³-hybridized carbons (Fsp3) is 0.0179. The topological polar surface area (TPSA) is 16.3 Å². The van der Waals surface area contributed by atoms with Gasteiger partial charge in [0.25, 0.3) is 0 Å². The van der Waals surface area contributed by atoms with Crippen LogP contribution >= 0.6 is 0 Å². The molecule has 0 amide bonds. The number of anilines is 3. The quantitative estimate of drug-likeness (QED) is 0.0900. The Morgan fingerprint density at radius 3 is 1.84 bits per heavy atom. The maximum absolute atomic E-state index is 4.23. The van der Waals surface area contributed by atoms with Crippen molar-refractivity contribution in [2.45, 2.75) is 0 Å². The van der Waals surface area contributed by atoms with Gasteiger partial charge in [-0.25, -0.2) is 0 Å².